The third kappa shape index (κ3) is 3.77. The minimum absolute atomic E-state index is 0.0410. The zero-order valence-corrected chi connectivity index (χ0v) is 16.6. The normalized spacial score (nSPS) is 11.6. The molecule has 0 aliphatic heterocycles. The van der Waals surface area contributed by atoms with Crippen molar-refractivity contribution in [3.63, 3.8) is 0 Å². The number of carbonyl (C=O) groups excluding carboxylic acids is 1. The van der Waals surface area contributed by atoms with Gasteiger partial charge in [-0.05, 0) is 42.5 Å². The van der Waals surface area contributed by atoms with Crippen LogP contribution >= 0.6 is 11.6 Å². The molecular weight excluding hydrogens is 429 g/mol. The fourth-order valence-corrected chi connectivity index (χ4v) is 3.40. The molecule has 31 heavy (non-hydrogen) atoms. The van der Waals surface area contributed by atoms with Crippen molar-refractivity contribution in [3.05, 3.63) is 83.5 Å². The fourth-order valence-electron chi connectivity index (χ4n) is 3.17. The molecule has 4 rings (SSSR count). The van der Waals surface area contributed by atoms with E-state index in [0.29, 0.717) is 38.6 Å². The van der Waals surface area contributed by atoms with Crippen LogP contribution in [0.25, 0.3) is 33.6 Å². The van der Waals surface area contributed by atoms with Crippen LogP contribution in [0.5, 0.6) is 0 Å². The van der Waals surface area contributed by atoms with Gasteiger partial charge < -0.3 is 5.73 Å². The van der Waals surface area contributed by atoms with Gasteiger partial charge in [0.05, 0.1) is 11.3 Å². The molecule has 0 bridgehead atoms. The predicted molar refractivity (Wildman–Crippen MR) is 113 cm³/mol. The van der Waals surface area contributed by atoms with Crippen LogP contribution in [0.15, 0.2) is 67.4 Å². The SMILES string of the molecule is C=C(C(N)=O)c1cc(-n2nc(-c3ccc(C(F)(F)F)cc3)c3cccnc32)ccc1Cl. The molecule has 2 aromatic carbocycles. The van der Waals surface area contributed by atoms with E-state index in [0.717, 1.165) is 12.1 Å². The minimum atomic E-state index is -4.43. The summed E-state index contributed by atoms with van der Waals surface area (Å²) in [6.45, 7) is 3.67. The lowest BCUT2D eigenvalue weighted by molar-refractivity contribution is -0.137. The van der Waals surface area contributed by atoms with Crippen molar-refractivity contribution < 1.29 is 18.0 Å². The van der Waals surface area contributed by atoms with E-state index in [-0.39, 0.29) is 5.57 Å². The van der Waals surface area contributed by atoms with E-state index in [9.17, 15) is 18.0 Å². The van der Waals surface area contributed by atoms with Gasteiger partial charge in [0.15, 0.2) is 5.65 Å². The van der Waals surface area contributed by atoms with Crippen molar-refractivity contribution >= 4 is 34.1 Å². The number of carbonyl (C=O) groups is 1. The third-order valence-electron chi connectivity index (χ3n) is 4.75. The molecule has 2 aromatic heterocycles. The summed E-state index contributed by atoms with van der Waals surface area (Å²) in [4.78, 5) is 15.9. The minimum Gasteiger partial charge on any atom is -0.366 e. The number of rotatable bonds is 4. The molecule has 2 N–H and O–H groups in total. The summed E-state index contributed by atoms with van der Waals surface area (Å²) < 4.78 is 40.3. The molecule has 0 aliphatic carbocycles. The summed E-state index contributed by atoms with van der Waals surface area (Å²) in [5, 5.41) is 5.52. The Kier molecular flexibility index (Phi) is 5.02. The average molecular weight is 443 g/mol. The summed E-state index contributed by atoms with van der Waals surface area (Å²) in [7, 11) is 0. The van der Waals surface area contributed by atoms with Crippen LogP contribution in [0.1, 0.15) is 11.1 Å². The van der Waals surface area contributed by atoms with E-state index in [1.54, 1.807) is 36.5 Å². The molecule has 0 unspecified atom stereocenters. The molecule has 0 radical (unpaired) electrons. The van der Waals surface area contributed by atoms with Crippen molar-refractivity contribution in [2.45, 2.75) is 6.18 Å². The zero-order chi connectivity index (χ0) is 22.3. The highest BCUT2D eigenvalue weighted by atomic mass is 35.5. The van der Waals surface area contributed by atoms with Gasteiger partial charge in [-0.15, -0.1) is 0 Å². The van der Waals surface area contributed by atoms with E-state index in [2.05, 4.69) is 16.7 Å². The number of aromatic nitrogens is 3. The number of alkyl halides is 3. The maximum Gasteiger partial charge on any atom is 0.416 e. The van der Waals surface area contributed by atoms with E-state index < -0.39 is 17.6 Å². The quantitative estimate of drug-likeness (QED) is 0.438. The molecule has 0 saturated heterocycles. The third-order valence-corrected chi connectivity index (χ3v) is 5.07. The van der Waals surface area contributed by atoms with Gasteiger partial charge in [-0.3, -0.25) is 4.79 Å². The van der Waals surface area contributed by atoms with Gasteiger partial charge in [0.2, 0.25) is 5.91 Å². The average Bonchev–Trinajstić information content (AvgIpc) is 3.13. The predicted octanol–water partition coefficient (Wildman–Crippen LogP) is 5.26. The second kappa shape index (κ2) is 7.55. The number of primary amides is 1. The van der Waals surface area contributed by atoms with Gasteiger partial charge in [-0.1, -0.05) is 30.3 Å². The fraction of sp³-hybridized carbons (Fsp3) is 0.0455. The lowest BCUT2D eigenvalue weighted by atomic mass is 10.1. The number of hydrogen-bond acceptors (Lipinski definition) is 3. The lowest BCUT2D eigenvalue weighted by Gasteiger charge is -2.09. The van der Waals surface area contributed by atoms with Crippen molar-refractivity contribution in [3.8, 4) is 16.9 Å². The summed E-state index contributed by atoms with van der Waals surface area (Å²) in [6, 6.07) is 13.1. The lowest BCUT2D eigenvalue weighted by Crippen LogP contribution is -2.12. The van der Waals surface area contributed by atoms with Crippen LogP contribution < -0.4 is 5.73 Å². The van der Waals surface area contributed by atoms with Crippen LogP contribution in [-0.4, -0.2) is 20.7 Å². The second-order valence-electron chi connectivity index (χ2n) is 6.72. The van der Waals surface area contributed by atoms with Gasteiger partial charge >= 0.3 is 6.18 Å². The number of nitrogens with two attached hydrogens (primary N) is 1. The molecule has 0 spiro atoms. The Morgan fingerprint density at radius 1 is 1.10 bits per heavy atom. The first-order chi connectivity index (χ1) is 14.7. The Morgan fingerprint density at radius 3 is 2.45 bits per heavy atom. The largest absolute Gasteiger partial charge is 0.416 e. The first kappa shape index (κ1) is 20.6. The Bertz CT molecular complexity index is 1330. The van der Waals surface area contributed by atoms with Crippen LogP contribution in [0.3, 0.4) is 0 Å². The number of pyridine rings is 1. The molecule has 4 aromatic rings. The summed E-state index contributed by atoms with van der Waals surface area (Å²) in [5.41, 5.74) is 6.95. The standard InChI is InChI=1S/C22H14ClF3N4O/c1-12(20(27)31)17-11-15(8-9-18(17)23)30-21-16(3-2-10-28-21)19(29-30)13-4-6-14(7-5-13)22(24,25)26/h2-11H,1H2,(H2,27,31). The Balaban J connectivity index is 1.88. The molecule has 1 amide bonds. The molecule has 9 heteroatoms. The van der Waals surface area contributed by atoms with Gasteiger partial charge in [0.1, 0.15) is 5.69 Å². The number of amides is 1. The number of benzene rings is 2. The molecular formula is C22H14ClF3N4O. The Morgan fingerprint density at radius 2 is 1.81 bits per heavy atom. The monoisotopic (exact) mass is 442 g/mol. The maximum absolute atomic E-state index is 12.9. The summed E-state index contributed by atoms with van der Waals surface area (Å²) in [6.07, 6.45) is -2.85. The topological polar surface area (TPSA) is 73.8 Å². The number of fused-ring (bicyclic) bond motifs is 1. The molecule has 5 nitrogen and oxygen atoms in total. The molecule has 0 saturated carbocycles. The molecule has 2 heterocycles. The molecule has 0 aliphatic rings. The summed E-state index contributed by atoms with van der Waals surface area (Å²) >= 11 is 6.19. The molecule has 0 atom stereocenters. The van der Waals surface area contributed by atoms with Crippen molar-refractivity contribution in [1.82, 2.24) is 14.8 Å². The zero-order valence-electron chi connectivity index (χ0n) is 15.8. The van der Waals surface area contributed by atoms with Gasteiger partial charge in [-0.25, -0.2) is 9.67 Å². The number of halogens is 4. The molecule has 0 fully saturated rings. The van der Waals surface area contributed by atoms with Crippen LogP contribution in [0.2, 0.25) is 5.02 Å². The Labute approximate surface area is 179 Å². The second-order valence-corrected chi connectivity index (χ2v) is 7.12. The highest BCUT2D eigenvalue weighted by Crippen LogP contribution is 2.34. The van der Waals surface area contributed by atoms with Crippen molar-refractivity contribution in [1.29, 1.82) is 0 Å². The highest BCUT2D eigenvalue weighted by Gasteiger charge is 2.30. The maximum atomic E-state index is 12.9. The van der Waals surface area contributed by atoms with Crippen molar-refractivity contribution in [2.75, 3.05) is 0 Å². The number of nitrogens with zero attached hydrogens (tertiary/aromatic N) is 3. The summed E-state index contributed by atoms with van der Waals surface area (Å²) in [5.74, 6) is -0.715. The van der Waals surface area contributed by atoms with Crippen LogP contribution in [-0.2, 0) is 11.0 Å². The first-order valence-electron chi connectivity index (χ1n) is 8.97. The first-order valence-corrected chi connectivity index (χ1v) is 9.35. The number of hydrogen-bond donors (Lipinski definition) is 1. The Hall–Kier alpha value is -3.65. The van der Waals surface area contributed by atoms with E-state index in [1.165, 1.54) is 16.8 Å². The van der Waals surface area contributed by atoms with Crippen LogP contribution in [0, 0.1) is 0 Å². The van der Waals surface area contributed by atoms with Gasteiger partial charge in [-0.2, -0.15) is 18.3 Å². The van der Waals surface area contributed by atoms with Crippen LogP contribution in [0.4, 0.5) is 13.2 Å². The van der Waals surface area contributed by atoms with Crippen molar-refractivity contribution in [2.24, 2.45) is 5.73 Å². The highest BCUT2D eigenvalue weighted by molar-refractivity contribution is 6.34. The van der Waals surface area contributed by atoms with Gasteiger partial charge in [0.25, 0.3) is 0 Å². The van der Waals surface area contributed by atoms with Gasteiger partial charge in [0, 0.05) is 33.3 Å². The van der Waals surface area contributed by atoms with E-state index in [1.807, 2.05) is 0 Å². The van der Waals surface area contributed by atoms with E-state index >= 15 is 0 Å². The smallest absolute Gasteiger partial charge is 0.366 e. The van der Waals surface area contributed by atoms with E-state index in [4.69, 9.17) is 17.3 Å². The molecule has 156 valence electrons.